The third-order valence-electron chi connectivity index (χ3n) is 2.97. The second-order valence-corrected chi connectivity index (χ2v) is 5.55. The van der Waals surface area contributed by atoms with E-state index >= 15 is 0 Å². The van der Waals surface area contributed by atoms with E-state index in [0.29, 0.717) is 10.6 Å². The van der Waals surface area contributed by atoms with Gasteiger partial charge in [-0.05, 0) is 42.0 Å². The number of carbonyl (C=O) groups is 2. The van der Waals surface area contributed by atoms with E-state index in [0.717, 1.165) is 0 Å². The standard InChI is InChI=1S/C16H13Cl2N3O4/c1-25-14-6-9(2-5-13(14)22)8-19-21-16(24)15(23)20-12-7-10(17)3-4-11(12)18/h2-8,22H,1H3,(H,20,23)(H,21,24)/b19-8-. The molecule has 2 aromatic carbocycles. The lowest BCUT2D eigenvalue weighted by atomic mass is 10.2. The number of phenolic OH excluding ortho intramolecular Hbond substituents is 1. The quantitative estimate of drug-likeness (QED) is 0.430. The first kappa shape index (κ1) is 18.6. The van der Waals surface area contributed by atoms with E-state index in [1.54, 1.807) is 12.1 Å². The fourth-order valence-corrected chi connectivity index (χ4v) is 2.10. The third kappa shape index (κ3) is 5.10. The van der Waals surface area contributed by atoms with Crippen LogP contribution in [0.5, 0.6) is 11.5 Å². The molecule has 0 heterocycles. The molecule has 0 aliphatic heterocycles. The molecule has 0 aliphatic rings. The lowest BCUT2D eigenvalue weighted by molar-refractivity contribution is -0.136. The molecule has 0 aromatic heterocycles. The van der Waals surface area contributed by atoms with Crippen LogP contribution in [0.2, 0.25) is 10.0 Å². The summed E-state index contributed by atoms with van der Waals surface area (Å²) in [5.41, 5.74) is 2.84. The molecule has 0 radical (unpaired) electrons. The second kappa shape index (κ2) is 8.36. The van der Waals surface area contributed by atoms with E-state index < -0.39 is 11.8 Å². The van der Waals surface area contributed by atoms with Gasteiger partial charge in [0.1, 0.15) is 0 Å². The number of nitrogens with one attached hydrogen (secondary N) is 2. The zero-order valence-corrected chi connectivity index (χ0v) is 14.4. The molecule has 25 heavy (non-hydrogen) atoms. The first-order chi connectivity index (χ1) is 11.9. The highest BCUT2D eigenvalue weighted by molar-refractivity contribution is 6.42. The van der Waals surface area contributed by atoms with Crippen LogP contribution in [0, 0.1) is 0 Å². The Labute approximate surface area is 153 Å². The van der Waals surface area contributed by atoms with Crippen molar-refractivity contribution in [2.45, 2.75) is 0 Å². The van der Waals surface area contributed by atoms with Crippen molar-refractivity contribution in [1.82, 2.24) is 5.43 Å². The molecule has 2 rings (SSSR count). The van der Waals surface area contributed by atoms with Gasteiger partial charge in [0.15, 0.2) is 11.5 Å². The minimum absolute atomic E-state index is 0.0264. The Morgan fingerprint density at radius 3 is 2.64 bits per heavy atom. The molecule has 0 aliphatic carbocycles. The number of methoxy groups -OCH3 is 1. The van der Waals surface area contributed by atoms with Crippen molar-refractivity contribution in [2.24, 2.45) is 5.10 Å². The number of nitrogens with zero attached hydrogens (tertiary/aromatic N) is 1. The summed E-state index contributed by atoms with van der Waals surface area (Å²) in [5, 5.41) is 16.1. The molecule has 0 spiro atoms. The SMILES string of the molecule is COc1cc(/C=N\NC(=O)C(=O)Nc2cc(Cl)ccc2Cl)ccc1O. The van der Waals surface area contributed by atoms with E-state index in [4.69, 9.17) is 27.9 Å². The van der Waals surface area contributed by atoms with E-state index in [1.807, 2.05) is 0 Å². The average Bonchev–Trinajstić information content (AvgIpc) is 2.59. The zero-order chi connectivity index (χ0) is 18.4. The van der Waals surface area contributed by atoms with Crippen LogP contribution in [0.25, 0.3) is 0 Å². The minimum atomic E-state index is -0.988. The van der Waals surface area contributed by atoms with Crippen LogP contribution < -0.4 is 15.5 Å². The van der Waals surface area contributed by atoms with Crippen LogP contribution in [0.15, 0.2) is 41.5 Å². The molecule has 9 heteroatoms. The fraction of sp³-hybridized carbons (Fsp3) is 0.0625. The van der Waals surface area contributed by atoms with Gasteiger partial charge in [0, 0.05) is 5.02 Å². The van der Waals surface area contributed by atoms with Gasteiger partial charge in [-0.1, -0.05) is 23.2 Å². The molecule has 2 amide bonds. The summed E-state index contributed by atoms with van der Waals surface area (Å²) in [4.78, 5) is 23.5. The number of hydrogen-bond donors (Lipinski definition) is 3. The molecule has 7 nitrogen and oxygen atoms in total. The number of hydrogen-bond acceptors (Lipinski definition) is 5. The van der Waals surface area contributed by atoms with Crippen molar-refractivity contribution in [3.05, 3.63) is 52.0 Å². The summed E-state index contributed by atoms with van der Waals surface area (Å²) in [6.45, 7) is 0. The van der Waals surface area contributed by atoms with E-state index in [-0.39, 0.29) is 22.2 Å². The van der Waals surface area contributed by atoms with Crippen LogP contribution >= 0.6 is 23.2 Å². The number of phenols is 1. The Morgan fingerprint density at radius 2 is 1.92 bits per heavy atom. The van der Waals surface area contributed by atoms with Gasteiger partial charge >= 0.3 is 11.8 Å². The predicted molar refractivity (Wildman–Crippen MR) is 95.5 cm³/mol. The van der Waals surface area contributed by atoms with Gasteiger partial charge in [-0.3, -0.25) is 9.59 Å². The number of carbonyl (C=O) groups excluding carboxylic acids is 2. The van der Waals surface area contributed by atoms with Crippen LogP contribution in [0.1, 0.15) is 5.56 Å². The molecule has 0 atom stereocenters. The monoisotopic (exact) mass is 381 g/mol. The van der Waals surface area contributed by atoms with Crippen molar-refractivity contribution < 1.29 is 19.4 Å². The van der Waals surface area contributed by atoms with Crippen molar-refractivity contribution in [1.29, 1.82) is 0 Å². The number of hydrazone groups is 1. The molecule has 0 fully saturated rings. The number of halogens is 2. The highest BCUT2D eigenvalue weighted by atomic mass is 35.5. The van der Waals surface area contributed by atoms with Crippen molar-refractivity contribution in [3.8, 4) is 11.5 Å². The maximum absolute atomic E-state index is 11.8. The summed E-state index contributed by atoms with van der Waals surface area (Å²) in [7, 11) is 1.41. The summed E-state index contributed by atoms with van der Waals surface area (Å²) in [6, 6.07) is 8.94. The molecule has 0 saturated carbocycles. The number of amides is 2. The first-order valence-corrected chi connectivity index (χ1v) is 7.62. The summed E-state index contributed by atoms with van der Waals surface area (Å²) in [5.74, 6) is -1.72. The third-order valence-corrected chi connectivity index (χ3v) is 3.53. The Bertz CT molecular complexity index is 840. The maximum Gasteiger partial charge on any atom is 0.329 e. The summed E-state index contributed by atoms with van der Waals surface area (Å²) in [6.07, 6.45) is 1.29. The Morgan fingerprint density at radius 1 is 1.16 bits per heavy atom. The van der Waals surface area contributed by atoms with Gasteiger partial charge in [0.2, 0.25) is 0 Å². The number of ether oxygens (including phenoxy) is 1. The number of aromatic hydroxyl groups is 1. The van der Waals surface area contributed by atoms with Crippen LogP contribution in [-0.4, -0.2) is 30.2 Å². The molecule has 130 valence electrons. The van der Waals surface area contributed by atoms with Gasteiger partial charge in [0.25, 0.3) is 0 Å². The first-order valence-electron chi connectivity index (χ1n) is 6.87. The highest BCUT2D eigenvalue weighted by Gasteiger charge is 2.14. The Hall–Kier alpha value is -2.77. The molecule has 0 unspecified atom stereocenters. The number of rotatable bonds is 4. The van der Waals surface area contributed by atoms with E-state index in [9.17, 15) is 14.7 Å². The Kier molecular flexibility index (Phi) is 6.21. The van der Waals surface area contributed by atoms with E-state index in [2.05, 4.69) is 15.8 Å². The Balaban J connectivity index is 1.97. The van der Waals surface area contributed by atoms with Gasteiger partial charge in [-0.2, -0.15) is 5.10 Å². The van der Waals surface area contributed by atoms with Gasteiger partial charge in [-0.15, -0.1) is 0 Å². The largest absolute Gasteiger partial charge is 0.504 e. The normalized spacial score (nSPS) is 10.5. The van der Waals surface area contributed by atoms with Crippen LogP contribution in [0.3, 0.4) is 0 Å². The van der Waals surface area contributed by atoms with Gasteiger partial charge in [0.05, 0.1) is 24.0 Å². The maximum atomic E-state index is 11.8. The lowest BCUT2D eigenvalue weighted by Crippen LogP contribution is -2.32. The average molecular weight is 382 g/mol. The molecule has 2 aromatic rings. The topological polar surface area (TPSA) is 100 Å². The molecule has 0 bridgehead atoms. The van der Waals surface area contributed by atoms with Crippen LogP contribution in [0.4, 0.5) is 5.69 Å². The second-order valence-electron chi connectivity index (χ2n) is 4.71. The fourth-order valence-electron chi connectivity index (χ4n) is 1.76. The summed E-state index contributed by atoms with van der Waals surface area (Å²) >= 11 is 11.7. The zero-order valence-electron chi connectivity index (χ0n) is 12.9. The number of anilines is 1. The van der Waals surface area contributed by atoms with Crippen molar-refractivity contribution in [2.75, 3.05) is 12.4 Å². The minimum Gasteiger partial charge on any atom is -0.504 e. The predicted octanol–water partition coefficient (Wildman–Crippen LogP) is 2.80. The molecular formula is C16H13Cl2N3O4. The van der Waals surface area contributed by atoms with Crippen molar-refractivity contribution in [3.63, 3.8) is 0 Å². The van der Waals surface area contributed by atoms with E-state index in [1.165, 1.54) is 37.6 Å². The van der Waals surface area contributed by atoms with Crippen molar-refractivity contribution >= 4 is 46.9 Å². The molecule has 0 saturated heterocycles. The molecule has 3 N–H and O–H groups in total. The van der Waals surface area contributed by atoms with Gasteiger partial charge < -0.3 is 15.2 Å². The highest BCUT2D eigenvalue weighted by Crippen LogP contribution is 2.26. The van der Waals surface area contributed by atoms with Gasteiger partial charge in [-0.25, -0.2) is 5.43 Å². The summed E-state index contributed by atoms with van der Waals surface area (Å²) < 4.78 is 4.95. The molecular weight excluding hydrogens is 369 g/mol. The van der Waals surface area contributed by atoms with Crippen LogP contribution in [-0.2, 0) is 9.59 Å². The number of benzene rings is 2. The smallest absolute Gasteiger partial charge is 0.329 e. The lowest BCUT2D eigenvalue weighted by Gasteiger charge is -2.06.